The van der Waals surface area contributed by atoms with Gasteiger partial charge >= 0.3 is 5.97 Å². The normalized spacial score (nSPS) is 15.1. The molecule has 3 heteroatoms. The molecule has 0 aliphatic heterocycles. The highest BCUT2D eigenvalue weighted by Crippen LogP contribution is 2.31. The van der Waals surface area contributed by atoms with Crippen molar-refractivity contribution < 1.29 is 9.53 Å². The fourth-order valence-electron chi connectivity index (χ4n) is 1.87. The second kappa shape index (κ2) is 7.82. The summed E-state index contributed by atoms with van der Waals surface area (Å²) >= 11 is 0. The Labute approximate surface area is 125 Å². The van der Waals surface area contributed by atoms with E-state index in [0.717, 1.165) is 25.7 Å². The molecule has 1 unspecified atom stereocenters. The quantitative estimate of drug-likeness (QED) is 0.340. The van der Waals surface area contributed by atoms with Crippen LogP contribution in [0.2, 0.25) is 0 Å². The van der Waals surface area contributed by atoms with Gasteiger partial charge in [-0.3, -0.25) is 5.73 Å². The Hall–Kier alpha value is -0.830. The number of hydrogen-bond acceptors (Lipinski definition) is 3. The van der Waals surface area contributed by atoms with Crippen LogP contribution in [0.25, 0.3) is 0 Å². The van der Waals surface area contributed by atoms with Crippen molar-refractivity contribution in [2.75, 3.05) is 0 Å². The number of nitrogens with two attached hydrogens (primary N) is 1. The van der Waals surface area contributed by atoms with Gasteiger partial charge in [-0.15, -0.1) is 0 Å². The Morgan fingerprint density at radius 3 is 2.10 bits per heavy atom. The van der Waals surface area contributed by atoms with Crippen LogP contribution in [-0.2, 0) is 9.53 Å². The van der Waals surface area contributed by atoms with Crippen LogP contribution < -0.4 is 5.73 Å². The minimum atomic E-state index is -0.500. The van der Waals surface area contributed by atoms with E-state index in [9.17, 15) is 4.79 Å². The van der Waals surface area contributed by atoms with Gasteiger partial charge in [-0.05, 0) is 23.7 Å². The molecule has 0 radical (unpaired) electrons. The van der Waals surface area contributed by atoms with E-state index in [2.05, 4.69) is 27.7 Å². The first-order valence-corrected chi connectivity index (χ1v) is 7.67. The molecule has 0 bridgehead atoms. The zero-order valence-electron chi connectivity index (χ0n) is 14.4. The second-order valence-electron chi connectivity index (χ2n) is 7.61. The van der Waals surface area contributed by atoms with Crippen LogP contribution in [0.15, 0.2) is 11.6 Å². The lowest BCUT2D eigenvalue weighted by Gasteiger charge is -2.26. The minimum absolute atomic E-state index is 0.0616. The third-order valence-electron chi connectivity index (χ3n) is 2.96. The van der Waals surface area contributed by atoms with Gasteiger partial charge in [0.1, 0.15) is 0 Å². The van der Waals surface area contributed by atoms with Crippen molar-refractivity contribution in [3.63, 3.8) is 0 Å². The molecule has 0 aliphatic carbocycles. The van der Waals surface area contributed by atoms with Gasteiger partial charge in [-0.1, -0.05) is 67.4 Å². The molecular formula is C17H33NO2. The number of esters is 1. The first-order chi connectivity index (χ1) is 8.97. The summed E-state index contributed by atoms with van der Waals surface area (Å²) in [5.74, 6) is -0.281. The highest BCUT2D eigenvalue weighted by molar-refractivity contribution is 5.90. The van der Waals surface area contributed by atoms with E-state index in [1.165, 1.54) is 0 Å². The minimum Gasteiger partial charge on any atom is -0.443 e. The fraction of sp³-hybridized carbons (Fsp3) is 0.824. The van der Waals surface area contributed by atoms with E-state index < -0.39 is 6.23 Å². The van der Waals surface area contributed by atoms with Crippen LogP contribution in [0.5, 0.6) is 0 Å². The molecule has 0 fully saturated rings. The van der Waals surface area contributed by atoms with E-state index in [0.29, 0.717) is 5.57 Å². The summed E-state index contributed by atoms with van der Waals surface area (Å²) in [6.45, 7) is 14.4. The maximum absolute atomic E-state index is 12.3. The Morgan fingerprint density at radius 2 is 1.70 bits per heavy atom. The van der Waals surface area contributed by atoms with Crippen LogP contribution in [0.4, 0.5) is 0 Å². The lowest BCUT2D eigenvalue weighted by atomic mass is 9.81. The van der Waals surface area contributed by atoms with Gasteiger partial charge in [0.05, 0.1) is 0 Å². The van der Waals surface area contributed by atoms with Crippen LogP contribution in [0.3, 0.4) is 0 Å². The molecule has 118 valence electrons. The van der Waals surface area contributed by atoms with Crippen molar-refractivity contribution in [1.82, 2.24) is 0 Å². The average Bonchev–Trinajstić information content (AvgIpc) is 2.23. The number of allylic oxidation sites excluding steroid dienone is 1. The van der Waals surface area contributed by atoms with E-state index in [1.54, 1.807) is 0 Å². The summed E-state index contributed by atoms with van der Waals surface area (Å²) in [6, 6.07) is 0. The highest BCUT2D eigenvalue weighted by atomic mass is 16.6. The summed E-state index contributed by atoms with van der Waals surface area (Å²) < 4.78 is 5.40. The monoisotopic (exact) mass is 283 g/mol. The zero-order chi connectivity index (χ0) is 16.0. The molecule has 0 aliphatic rings. The molecule has 0 aromatic rings. The zero-order valence-corrected chi connectivity index (χ0v) is 14.4. The first-order valence-electron chi connectivity index (χ1n) is 7.67. The van der Waals surface area contributed by atoms with Crippen molar-refractivity contribution in [1.29, 1.82) is 0 Å². The maximum atomic E-state index is 12.3. The molecule has 0 aromatic heterocycles. The number of unbranched alkanes of at least 4 members (excludes halogenated alkanes) is 2. The molecule has 3 nitrogen and oxygen atoms in total. The van der Waals surface area contributed by atoms with Gasteiger partial charge in [-0.25, -0.2) is 4.79 Å². The second-order valence-corrected chi connectivity index (χ2v) is 7.61. The molecule has 2 N–H and O–H groups in total. The van der Waals surface area contributed by atoms with Crippen molar-refractivity contribution in [2.45, 2.75) is 80.4 Å². The summed E-state index contributed by atoms with van der Waals surface area (Å²) in [6.07, 6.45) is 5.48. The predicted octanol–water partition coefficient (Wildman–Crippen LogP) is 4.41. The SMILES string of the molecule is CCCCCC(N)OC(=O)/C(=C\C(C)(C)C)C(C)(C)C. The lowest BCUT2D eigenvalue weighted by Crippen LogP contribution is -2.31. The number of hydrogen-bond donors (Lipinski definition) is 1. The van der Waals surface area contributed by atoms with Crippen LogP contribution in [0, 0.1) is 10.8 Å². The molecular weight excluding hydrogens is 250 g/mol. The van der Waals surface area contributed by atoms with E-state index in [1.807, 2.05) is 26.8 Å². The molecule has 0 aromatic carbocycles. The van der Waals surface area contributed by atoms with Crippen molar-refractivity contribution in [3.8, 4) is 0 Å². The summed E-state index contributed by atoms with van der Waals surface area (Å²) in [5.41, 5.74) is 6.29. The molecule has 0 saturated heterocycles. The number of carbonyl (C=O) groups excluding carboxylic acids is 1. The first kappa shape index (κ1) is 19.2. The van der Waals surface area contributed by atoms with Crippen LogP contribution >= 0.6 is 0 Å². The van der Waals surface area contributed by atoms with E-state index in [4.69, 9.17) is 10.5 Å². The molecule has 0 rings (SSSR count). The number of carbonyl (C=O) groups is 1. The van der Waals surface area contributed by atoms with E-state index >= 15 is 0 Å². The number of rotatable bonds is 6. The van der Waals surface area contributed by atoms with Gasteiger partial charge < -0.3 is 4.74 Å². The third-order valence-corrected chi connectivity index (χ3v) is 2.96. The maximum Gasteiger partial charge on any atom is 0.335 e. The van der Waals surface area contributed by atoms with Gasteiger partial charge in [0.2, 0.25) is 0 Å². The molecule has 1 atom stereocenters. The number of ether oxygens (including phenoxy) is 1. The average molecular weight is 283 g/mol. The molecule has 0 heterocycles. The van der Waals surface area contributed by atoms with Crippen LogP contribution in [0.1, 0.15) is 74.1 Å². The topological polar surface area (TPSA) is 52.3 Å². The van der Waals surface area contributed by atoms with Crippen molar-refractivity contribution in [3.05, 3.63) is 11.6 Å². The fourth-order valence-corrected chi connectivity index (χ4v) is 1.87. The summed E-state index contributed by atoms with van der Waals surface area (Å²) in [7, 11) is 0. The highest BCUT2D eigenvalue weighted by Gasteiger charge is 2.28. The Morgan fingerprint density at radius 1 is 1.15 bits per heavy atom. The Kier molecular flexibility index (Phi) is 7.50. The Balaban J connectivity index is 4.79. The molecule has 20 heavy (non-hydrogen) atoms. The van der Waals surface area contributed by atoms with Gasteiger partial charge in [0.15, 0.2) is 6.23 Å². The van der Waals surface area contributed by atoms with Crippen molar-refractivity contribution in [2.24, 2.45) is 16.6 Å². The van der Waals surface area contributed by atoms with Gasteiger partial charge in [0, 0.05) is 5.57 Å². The van der Waals surface area contributed by atoms with Gasteiger partial charge in [-0.2, -0.15) is 0 Å². The summed E-state index contributed by atoms with van der Waals surface area (Å²) in [5, 5.41) is 0. The molecule has 0 saturated carbocycles. The smallest absolute Gasteiger partial charge is 0.335 e. The van der Waals surface area contributed by atoms with Crippen LogP contribution in [-0.4, -0.2) is 12.2 Å². The van der Waals surface area contributed by atoms with E-state index in [-0.39, 0.29) is 16.8 Å². The standard InChI is InChI=1S/C17H33NO2/c1-8-9-10-11-14(18)20-15(19)13(17(5,6)7)12-16(2,3)4/h12,14H,8-11,18H2,1-7H3/b13-12+. The van der Waals surface area contributed by atoms with Crippen molar-refractivity contribution >= 4 is 5.97 Å². The molecule has 0 amide bonds. The molecule has 0 spiro atoms. The van der Waals surface area contributed by atoms with Gasteiger partial charge in [0.25, 0.3) is 0 Å². The predicted molar refractivity (Wildman–Crippen MR) is 85.2 cm³/mol. The third kappa shape index (κ3) is 8.36. The Bertz CT molecular complexity index is 332. The summed E-state index contributed by atoms with van der Waals surface area (Å²) in [4.78, 5) is 12.3. The lowest BCUT2D eigenvalue weighted by molar-refractivity contribution is -0.145. The largest absolute Gasteiger partial charge is 0.443 e.